The van der Waals surface area contributed by atoms with E-state index in [9.17, 15) is 8.42 Å². The van der Waals surface area contributed by atoms with Crippen molar-refractivity contribution in [2.24, 2.45) is 5.92 Å². The van der Waals surface area contributed by atoms with Gasteiger partial charge in [-0.2, -0.15) is 5.10 Å². The molecule has 1 heterocycles. The zero-order valence-corrected chi connectivity index (χ0v) is 12.7. The second-order valence-corrected chi connectivity index (χ2v) is 7.59. The van der Waals surface area contributed by atoms with E-state index in [1.165, 1.54) is 18.9 Å². The number of likely N-dealkylation sites (N-methyl/N-ethyl adjacent to an activating group) is 1. The number of nitrogens with zero attached hydrogens (tertiary/aromatic N) is 2. The van der Waals surface area contributed by atoms with Gasteiger partial charge < -0.3 is 5.32 Å². The predicted molar refractivity (Wildman–Crippen MR) is 74.9 cm³/mol. The van der Waals surface area contributed by atoms with Gasteiger partial charge in [0, 0.05) is 18.5 Å². The van der Waals surface area contributed by atoms with Crippen molar-refractivity contribution in [3.8, 4) is 0 Å². The molecule has 3 atom stereocenters. The summed E-state index contributed by atoms with van der Waals surface area (Å²) in [5.74, 6) is 0.658. The third-order valence-electron chi connectivity index (χ3n) is 3.89. The van der Waals surface area contributed by atoms with Gasteiger partial charge in [0.1, 0.15) is 4.90 Å². The fraction of sp³-hybridized carbons (Fsp3) is 0.769. The van der Waals surface area contributed by atoms with E-state index in [4.69, 9.17) is 0 Å². The van der Waals surface area contributed by atoms with Crippen LogP contribution in [0.3, 0.4) is 0 Å². The summed E-state index contributed by atoms with van der Waals surface area (Å²) in [5.41, 5.74) is 0. The molecule has 1 aliphatic carbocycles. The van der Waals surface area contributed by atoms with Gasteiger partial charge in [0.2, 0.25) is 0 Å². The summed E-state index contributed by atoms with van der Waals surface area (Å²) in [6.45, 7) is 5.27. The van der Waals surface area contributed by atoms with Gasteiger partial charge in [-0.25, -0.2) is 8.42 Å². The van der Waals surface area contributed by atoms with Gasteiger partial charge in [-0.1, -0.05) is 13.8 Å². The van der Waals surface area contributed by atoms with Crippen LogP contribution >= 0.6 is 0 Å². The fourth-order valence-electron chi connectivity index (χ4n) is 2.84. The van der Waals surface area contributed by atoms with Crippen LogP contribution in [0.1, 0.15) is 39.2 Å². The molecule has 0 spiro atoms. The summed E-state index contributed by atoms with van der Waals surface area (Å²) in [4.78, 5) is 0.306. The van der Waals surface area contributed by atoms with Crippen LogP contribution in [0.4, 0.5) is 0 Å². The third kappa shape index (κ3) is 3.36. The number of sulfone groups is 1. The van der Waals surface area contributed by atoms with Crippen LogP contribution in [-0.2, 0) is 9.84 Å². The van der Waals surface area contributed by atoms with Crippen molar-refractivity contribution in [1.29, 1.82) is 0 Å². The first-order valence-corrected chi connectivity index (χ1v) is 8.78. The topological polar surface area (TPSA) is 64.0 Å². The van der Waals surface area contributed by atoms with Gasteiger partial charge in [-0.05, 0) is 31.7 Å². The lowest BCUT2D eigenvalue weighted by Crippen LogP contribution is -2.41. The van der Waals surface area contributed by atoms with E-state index in [0.717, 1.165) is 19.4 Å². The Kier molecular flexibility index (Phi) is 4.30. The molecule has 1 aliphatic rings. The van der Waals surface area contributed by atoms with Gasteiger partial charge in [-0.3, -0.25) is 4.68 Å². The number of hydrogen-bond acceptors (Lipinski definition) is 4. The van der Waals surface area contributed by atoms with Gasteiger partial charge >= 0.3 is 0 Å². The standard InChI is InChI=1S/C13H23N3O2S/c1-4-14-12-6-5-10(2)7-13(12)16-9-11(8-15-16)19(3,17)18/h8-10,12-14H,4-7H2,1-3H3. The fourth-order valence-corrected chi connectivity index (χ4v) is 3.38. The van der Waals surface area contributed by atoms with E-state index in [1.54, 1.807) is 6.20 Å². The maximum Gasteiger partial charge on any atom is 0.178 e. The zero-order chi connectivity index (χ0) is 14.0. The lowest BCUT2D eigenvalue weighted by molar-refractivity contribution is 0.205. The molecular formula is C13H23N3O2S. The Morgan fingerprint density at radius 1 is 1.47 bits per heavy atom. The first-order valence-electron chi connectivity index (χ1n) is 6.89. The first kappa shape index (κ1) is 14.5. The highest BCUT2D eigenvalue weighted by Gasteiger charge is 2.30. The van der Waals surface area contributed by atoms with Crippen molar-refractivity contribution in [2.75, 3.05) is 12.8 Å². The van der Waals surface area contributed by atoms with Crippen LogP contribution < -0.4 is 5.32 Å². The molecule has 3 unspecified atom stereocenters. The van der Waals surface area contributed by atoms with E-state index in [0.29, 0.717) is 16.9 Å². The molecular weight excluding hydrogens is 262 g/mol. The minimum absolute atomic E-state index is 0.249. The molecule has 0 saturated heterocycles. The summed E-state index contributed by atoms with van der Waals surface area (Å²) >= 11 is 0. The van der Waals surface area contributed by atoms with Crippen molar-refractivity contribution in [2.45, 2.75) is 50.1 Å². The summed E-state index contributed by atoms with van der Waals surface area (Å²) in [6, 6.07) is 0.632. The van der Waals surface area contributed by atoms with E-state index >= 15 is 0 Å². The average Bonchev–Trinajstić information content (AvgIpc) is 2.80. The maximum atomic E-state index is 11.5. The SMILES string of the molecule is CCNC1CCC(C)CC1n1cc(S(C)(=O)=O)cn1. The second kappa shape index (κ2) is 5.63. The van der Waals surface area contributed by atoms with Crippen LogP contribution in [-0.4, -0.2) is 37.0 Å². The third-order valence-corrected chi connectivity index (χ3v) is 4.96. The molecule has 2 rings (SSSR count). The number of rotatable bonds is 4. The maximum absolute atomic E-state index is 11.5. The number of aromatic nitrogens is 2. The summed E-state index contributed by atoms with van der Waals surface area (Å²) in [5, 5.41) is 7.76. The van der Waals surface area contributed by atoms with Gasteiger partial charge in [0.25, 0.3) is 0 Å². The minimum Gasteiger partial charge on any atom is -0.312 e. The van der Waals surface area contributed by atoms with Crippen molar-refractivity contribution < 1.29 is 8.42 Å². The second-order valence-electron chi connectivity index (χ2n) is 5.58. The van der Waals surface area contributed by atoms with Gasteiger partial charge in [-0.15, -0.1) is 0 Å². The van der Waals surface area contributed by atoms with Crippen LogP contribution in [0.15, 0.2) is 17.3 Å². The highest BCUT2D eigenvalue weighted by Crippen LogP contribution is 2.32. The Balaban J connectivity index is 2.24. The molecule has 0 amide bonds. The lowest BCUT2D eigenvalue weighted by atomic mass is 9.83. The molecule has 108 valence electrons. The number of nitrogens with one attached hydrogen (secondary N) is 1. The molecule has 1 aromatic heterocycles. The first-order chi connectivity index (χ1) is 8.91. The molecule has 6 heteroatoms. The molecule has 19 heavy (non-hydrogen) atoms. The molecule has 0 bridgehead atoms. The Morgan fingerprint density at radius 2 is 2.21 bits per heavy atom. The molecule has 1 saturated carbocycles. The summed E-state index contributed by atoms with van der Waals surface area (Å²) in [7, 11) is -3.17. The van der Waals surface area contributed by atoms with Crippen molar-refractivity contribution in [1.82, 2.24) is 15.1 Å². The van der Waals surface area contributed by atoms with E-state index in [2.05, 4.69) is 24.3 Å². The van der Waals surface area contributed by atoms with Gasteiger partial charge in [0.05, 0.1) is 12.2 Å². The monoisotopic (exact) mass is 285 g/mol. The molecule has 0 aromatic carbocycles. The Morgan fingerprint density at radius 3 is 2.79 bits per heavy atom. The number of hydrogen-bond donors (Lipinski definition) is 1. The quantitative estimate of drug-likeness (QED) is 0.913. The molecule has 5 nitrogen and oxygen atoms in total. The lowest BCUT2D eigenvalue weighted by Gasteiger charge is -2.35. The van der Waals surface area contributed by atoms with Crippen LogP contribution in [0, 0.1) is 5.92 Å². The van der Waals surface area contributed by atoms with Gasteiger partial charge in [0.15, 0.2) is 9.84 Å². The molecule has 0 radical (unpaired) electrons. The highest BCUT2D eigenvalue weighted by molar-refractivity contribution is 7.90. The highest BCUT2D eigenvalue weighted by atomic mass is 32.2. The molecule has 1 N–H and O–H groups in total. The molecule has 1 fully saturated rings. The Hall–Kier alpha value is -0.880. The van der Waals surface area contributed by atoms with Crippen LogP contribution in [0.5, 0.6) is 0 Å². The van der Waals surface area contributed by atoms with Crippen molar-refractivity contribution in [3.05, 3.63) is 12.4 Å². The normalized spacial score (nSPS) is 28.5. The predicted octanol–water partition coefficient (Wildman–Crippen LogP) is 1.63. The van der Waals surface area contributed by atoms with Crippen LogP contribution in [0.2, 0.25) is 0 Å². The zero-order valence-electron chi connectivity index (χ0n) is 11.8. The Labute approximate surface area is 115 Å². The van der Waals surface area contributed by atoms with Crippen LogP contribution in [0.25, 0.3) is 0 Å². The van der Waals surface area contributed by atoms with Crippen molar-refractivity contribution in [3.63, 3.8) is 0 Å². The molecule has 1 aromatic rings. The van der Waals surface area contributed by atoms with E-state index in [-0.39, 0.29) is 6.04 Å². The summed E-state index contributed by atoms with van der Waals surface area (Å²) < 4.78 is 24.9. The average molecular weight is 285 g/mol. The minimum atomic E-state index is -3.17. The largest absolute Gasteiger partial charge is 0.312 e. The molecule has 0 aliphatic heterocycles. The van der Waals surface area contributed by atoms with Crippen molar-refractivity contribution >= 4 is 9.84 Å². The smallest absolute Gasteiger partial charge is 0.178 e. The Bertz CT molecular complexity index is 524. The van der Waals surface area contributed by atoms with E-state index in [1.807, 2.05) is 4.68 Å². The summed E-state index contributed by atoms with van der Waals surface area (Å²) in [6.07, 6.45) is 7.73. The van der Waals surface area contributed by atoms with E-state index < -0.39 is 9.84 Å².